The second-order valence-electron chi connectivity index (χ2n) is 6.99. The van der Waals surface area contributed by atoms with Crippen LogP contribution in [0.2, 0.25) is 0 Å². The standard InChI is InChI=1S/C19H24FN5O2/c1-13(2)7-10-25-16(6-8-22-25)23-19(27)24-11-9-21-18(26)17(24)14-4-3-5-15(20)12-14/h3-6,8,12-13,17H,7,9-11H2,1-2H3,(H,21,26)(H,23,27)/t17-/m1/s1. The van der Waals surface area contributed by atoms with Crippen LogP contribution in [0.4, 0.5) is 15.0 Å². The number of nitrogens with one attached hydrogen (secondary N) is 2. The van der Waals surface area contributed by atoms with Gasteiger partial charge in [-0.05, 0) is 30.0 Å². The molecule has 2 aromatic rings. The molecule has 2 heterocycles. The number of aromatic nitrogens is 2. The molecule has 1 saturated heterocycles. The molecule has 1 atom stereocenters. The van der Waals surface area contributed by atoms with Crippen LogP contribution >= 0.6 is 0 Å². The Kier molecular flexibility index (Phi) is 5.73. The molecule has 7 nitrogen and oxygen atoms in total. The Balaban J connectivity index is 1.78. The molecule has 1 aromatic carbocycles. The van der Waals surface area contributed by atoms with E-state index in [4.69, 9.17) is 0 Å². The summed E-state index contributed by atoms with van der Waals surface area (Å²) in [4.78, 5) is 26.7. The predicted octanol–water partition coefficient (Wildman–Crippen LogP) is 2.77. The molecule has 0 aliphatic carbocycles. The smallest absolute Gasteiger partial charge is 0.324 e. The predicted molar refractivity (Wildman–Crippen MR) is 99.6 cm³/mol. The number of anilines is 1. The van der Waals surface area contributed by atoms with E-state index in [1.165, 1.54) is 23.1 Å². The summed E-state index contributed by atoms with van der Waals surface area (Å²) in [7, 11) is 0. The summed E-state index contributed by atoms with van der Waals surface area (Å²) < 4.78 is 15.4. The lowest BCUT2D eigenvalue weighted by Crippen LogP contribution is -2.53. The van der Waals surface area contributed by atoms with Crippen LogP contribution in [0.5, 0.6) is 0 Å². The lowest BCUT2D eigenvalue weighted by atomic mass is 10.0. The van der Waals surface area contributed by atoms with Gasteiger partial charge in [0, 0.05) is 25.7 Å². The Morgan fingerprint density at radius 2 is 2.22 bits per heavy atom. The number of nitrogens with zero attached hydrogens (tertiary/aromatic N) is 3. The Labute approximate surface area is 157 Å². The number of piperazine rings is 1. The number of carbonyl (C=O) groups excluding carboxylic acids is 2. The van der Waals surface area contributed by atoms with Gasteiger partial charge < -0.3 is 10.2 Å². The summed E-state index contributed by atoms with van der Waals surface area (Å²) >= 11 is 0. The topological polar surface area (TPSA) is 79.3 Å². The molecule has 0 saturated carbocycles. The average Bonchev–Trinajstić information content (AvgIpc) is 3.06. The number of hydrogen-bond acceptors (Lipinski definition) is 3. The van der Waals surface area contributed by atoms with Crippen LogP contribution in [0, 0.1) is 11.7 Å². The SMILES string of the molecule is CC(C)CCn1nccc1NC(=O)N1CCNC(=O)[C@H]1c1cccc(F)c1. The summed E-state index contributed by atoms with van der Waals surface area (Å²) in [5.41, 5.74) is 0.440. The maximum atomic E-state index is 13.6. The highest BCUT2D eigenvalue weighted by molar-refractivity contribution is 5.94. The first kappa shape index (κ1) is 18.9. The van der Waals surface area contributed by atoms with E-state index < -0.39 is 17.9 Å². The maximum absolute atomic E-state index is 13.6. The number of hydrogen-bond donors (Lipinski definition) is 2. The quantitative estimate of drug-likeness (QED) is 0.846. The van der Waals surface area contributed by atoms with Crippen LogP contribution in [0.15, 0.2) is 36.5 Å². The summed E-state index contributed by atoms with van der Waals surface area (Å²) in [6.07, 6.45) is 2.56. The van der Waals surface area contributed by atoms with Gasteiger partial charge in [-0.2, -0.15) is 5.10 Å². The van der Waals surface area contributed by atoms with Gasteiger partial charge in [0.25, 0.3) is 0 Å². The first-order valence-corrected chi connectivity index (χ1v) is 9.08. The number of amides is 3. The highest BCUT2D eigenvalue weighted by Gasteiger charge is 2.34. The fourth-order valence-electron chi connectivity index (χ4n) is 3.07. The maximum Gasteiger partial charge on any atom is 0.324 e. The number of benzene rings is 1. The van der Waals surface area contributed by atoms with Crippen molar-refractivity contribution in [1.29, 1.82) is 0 Å². The van der Waals surface area contributed by atoms with Gasteiger partial charge in [0.15, 0.2) is 0 Å². The normalized spacial score (nSPS) is 17.1. The molecule has 0 radical (unpaired) electrons. The van der Waals surface area contributed by atoms with E-state index in [1.54, 1.807) is 23.0 Å². The number of carbonyl (C=O) groups is 2. The van der Waals surface area contributed by atoms with E-state index in [0.717, 1.165) is 6.42 Å². The first-order chi connectivity index (χ1) is 13.0. The molecule has 0 bridgehead atoms. The lowest BCUT2D eigenvalue weighted by Gasteiger charge is -2.35. The molecule has 0 unspecified atom stereocenters. The second-order valence-corrected chi connectivity index (χ2v) is 6.99. The van der Waals surface area contributed by atoms with E-state index in [2.05, 4.69) is 29.6 Å². The first-order valence-electron chi connectivity index (χ1n) is 9.08. The molecule has 1 fully saturated rings. The van der Waals surface area contributed by atoms with Crippen molar-refractivity contribution in [3.63, 3.8) is 0 Å². The Bertz CT molecular complexity index is 820. The minimum absolute atomic E-state index is 0.324. The second kappa shape index (κ2) is 8.20. The van der Waals surface area contributed by atoms with Crippen LogP contribution in [0.3, 0.4) is 0 Å². The molecule has 1 aromatic heterocycles. The molecule has 0 spiro atoms. The molecule has 2 N–H and O–H groups in total. The molecule has 3 rings (SSSR count). The van der Waals surface area contributed by atoms with E-state index in [-0.39, 0.29) is 5.91 Å². The van der Waals surface area contributed by atoms with E-state index in [1.807, 2.05) is 0 Å². The van der Waals surface area contributed by atoms with E-state index in [0.29, 0.717) is 36.9 Å². The third-order valence-corrected chi connectivity index (χ3v) is 4.51. The third-order valence-electron chi connectivity index (χ3n) is 4.51. The minimum Gasteiger partial charge on any atom is -0.352 e. The largest absolute Gasteiger partial charge is 0.352 e. The van der Waals surface area contributed by atoms with Gasteiger partial charge in [0.1, 0.15) is 17.7 Å². The van der Waals surface area contributed by atoms with Crippen LogP contribution in [0.25, 0.3) is 0 Å². The Morgan fingerprint density at radius 3 is 2.96 bits per heavy atom. The zero-order valence-electron chi connectivity index (χ0n) is 15.5. The molecular formula is C19H24FN5O2. The molecular weight excluding hydrogens is 349 g/mol. The van der Waals surface area contributed by atoms with Gasteiger partial charge in [0.05, 0.1) is 6.20 Å². The highest BCUT2D eigenvalue weighted by atomic mass is 19.1. The van der Waals surface area contributed by atoms with Gasteiger partial charge >= 0.3 is 6.03 Å². The summed E-state index contributed by atoms with van der Waals surface area (Å²) in [5.74, 6) is 0.318. The highest BCUT2D eigenvalue weighted by Crippen LogP contribution is 2.25. The molecule has 1 aliphatic heterocycles. The van der Waals surface area contributed by atoms with Gasteiger partial charge in [-0.15, -0.1) is 0 Å². The molecule has 3 amide bonds. The van der Waals surface area contributed by atoms with Crippen molar-refractivity contribution in [2.45, 2.75) is 32.9 Å². The summed E-state index contributed by atoms with van der Waals surface area (Å²) in [6, 6.07) is 6.20. The number of urea groups is 1. The van der Waals surface area contributed by atoms with Crippen LogP contribution in [0.1, 0.15) is 31.9 Å². The Morgan fingerprint density at radius 1 is 1.41 bits per heavy atom. The van der Waals surface area contributed by atoms with Crippen molar-refractivity contribution in [3.8, 4) is 0 Å². The third kappa shape index (κ3) is 4.45. The Hall–Kier alpha value is -2.90. The van der Waals surface area contributed by atoms with Crippen molar-refractivity contribution in [2.24, 2.45) is 5.92 Å². The van der Waals surface area contributed by atoms with Gasteiger partial charge in [0.2, 0.25) is 5.91 Å². The average molecular weight is 373 g/mol. The fraction of sp³-hybridized carbons (Fsp3) is 0.421. The molecule has 27 heavy (non-hydrogen) atoms. The fourth-order valence-corrected chi connectivity index (χ4v) is 3.07. The molecule has 144 valence electrons. The number of halogens is 1. The van der Waals surface area contributed by atoms with Crippen LogP contribution in [-0.2, 0) is 11.3 Å². The van der Waals surface area contributed by atoms with Crippen molar-refractivity contribution < 1.29 is 14.0 Å². The van der Waals surface area contributed by atoms with E-state index >= 15 is 0 Å². The van der Waals surface area contributed by atoms with Crippen molar-refractivity contribution in [3.05, 3.63) is 47.9 Å². The van der Waals surface area contributed by atoms with E-state index in [9.17, 15) is 14.0 Å². The van der Waals surface area contributed by atoms with Crippen molar-refractivity contribution in [1.82, 2.24) is 20.0 Å². The number of aryl methyl sites for hydroxylation is 1. The van der Waals surface area contributed by atoms with Gasteiger partial charge in [-0.25, -0.2) is 13.9 Å². The molecule has 8 heteroatoms. The molecule has 1 aliphatic rings. The zero-order valence-corrected chi connectivity index (χ0v) is 15.5. The monoisotopic (exact) mass is 373 g/mol. The summed E-state index contributed by atoms with van der Waals surface area (Å²) in [5, 5.41) is 9.81. The van der Waals surface area contributed by atoms with Crippen LogP contribution in [-0.4, -0.2) is 39.7 Å². The van der Waals surface area contributed by atoms with Gasteiger partial charge in [-0.3, -0.25) is 10.1 Å². The minimum atomic E-state index is -0.874. The number of rotatable bonds is 5. The lowest BCUT2D eigenvalue weighted by molar-refractivity contribution is -0.127. The van der Waals surface area contributed by atoms with Crippen LogP contribution < -0.4 is 10.6 Å². The van der Waals surface area contributed by atoms with Crippen molar-refractivity contribution >= 4 is 17.8 Å². The zero-order chi connectivity index (χ0) is 19.4. The van der Waals surface area contributed by atoms with Crippen molar-refractivity contribution in [2.75, 3.05) is 18.4 Å². The van der Waals surface area contributed by atoms with Gasteiger partial charge in [-0.1, -0.05) is 26.0 Å². The summed E-state index contributed by atoms with van der Waals surface area (Å²) in [6.45, 7) is 5.62.